The van der Waals surface area contributed by atoms with Crippen molar-refractivity contribution in [2.45, 2.75) is 41.5 Å². The molecule has 2 nitrogen and oxygen atoms in total. The van der Waals surface area contributed by atoms with Crippen LogP contribution in [0.4, 0.5) is 0 Å². The van der Waals surface area contributed by atoms with Crippen LogP contribution in [0.2, 0.25) is 0 Å². The van der Waals surface area contributed by atoms with Crippen LogP contribution in [0, 0.1) is 10.8 Å². The van der Waals surface area contributed by atoms with E-state index in [1.54, 1.807) is 0 Å². The number of benzene rings is 2. The molecule has 0 aromatic heterocycles. The molecule has 0 atom stereocenters. The molecule has 0 aliphatic rings. The Bertz CT molecular complexity index is 647. The van der Waals surface area contributed by atoms with Crippen LogP contribution in [-0.2, 0) is 0 Å². The molecule has 2 aromatic carbocycles. The summed E-state index contributed by atoms with van der Waals surface area (Å²) in [6.07, 6.45) is 0. The molecular formula is C22H28N2. The SMILES string of the molecule is CC(C)(C)/C(=N/N=C(/c1ccccc1)C(C)(C)C)c1ccccc1. The monoisotopic (exact) mass is 320 g/mol. The van der Waals surface area contributed by atoms with Gasteiger partial charge in [0.1, 0.15) is 0 Å². The minimum absolute atomic E-state index is 0.0788. The average molecular weight is 320 g/mol. The maximum absolute atomic E-state index is 4.71. The summed E-state index contributed by atoms with van der Waals surface area (Å²) in [5.74, 6) is 0. The summed E-state index contributed by atoms with van der Waals surface area (Å²) < 4.78 is 0. The molecule has 0 unspecified atom stereocenters. The smallest absolute Gasteiger partial charge is 0.0756 e. The van der Waals surface area contributed by atoms with Gasteiger partial charge in [0.25, 0.3) is 0 Å². The van der Waals surface area contributed by atoms with E-state index < -0.39 is 0 Å². The molecular weight excluding hydrogens is 292 g/mol. The van der Waals surface area contributed by atoms with E-state index >= 15 is 0 Å². The zero-order chi connectivity index (χ0) is 17.8. The molecule has 0 spiro atoms. The Labute approximate surface area is 146 Å². The van der Waals surface area contributed by atoms with Gasteiger partial charge < -0.3 is 0 Å². The summed E-state index contributed by atoms with van der Waals surface area (Å²) in [7, 11) is 0. The quantitative estimate of drug-likeness (QED) is 0.491. The van der Waals surface area contributed by atoms with Crippen molar-refractivity contribution in [3.63, 3.8) is 0 Å². The molecule has 0 N–H and O–H groups in total. The Morgan fingerprint density at radius 2 is 0.833 bits per heavy atom. The molecule has 0 saturated heterocycles. The normalized spacial score (nSPS) is 13.9. The second kappa shape index (κ2) is 7.12. The Kier molecular flexibility index (Phi) is 5.38. The lowest BCUT2D eigenvalue weighted by Crippen LogP contribution is -2.24. The molecule has 2 aromatic rings. The molecule has 0 aliphatic carbocycles. The number of nitrogens with zero attached hydrogens (tertiary/aromatic N) is 2. The van der Waals surface area contributed by atoms with Crippen LogP contribution in [0.15, 0.2) is 70.9 Å². The largest absolute Gasteiger partial charge is 0.154 e. The van der Waals surface area contributed by atoms with Gasteiger partial charge in [0.15, 0.2) is 0 Å². The Morgan fingerprint density at radius 1 is 0.542 bits per heavy atom. The van der Waals surface area contributed by atoms with Crippen LogP contribution in [0.25, 0.3) is 0 Å². The molecule has 0 amide bonds. The first-order valence-corrected chi connectivity index (χ1v) is 8.47. The van der Waals surface area contributed by atoms with E-state index in [-0.39, 0.29) is 10.8 Å². The van der Waals surface area contributed by atoms with Crippen molar-refractivity contribution < 1.29 is 0 Å². The van der Waals surface area contributed by atoms with Gasteiger partial charge in [0.05, 0.1) is 11.4 Å². The summed E-state index contributed by atoms with van der Waals surface area (Å²) in [5.41, 5.74) is 4.08. The maximum atomic E-state index is 4.71. The van der Waals surface area contributed by atoms with Gasteiger partial charge in [0.2, 0.25) is 0 Å². The highest BCUT2D eigenvalue weighted by atomic mass is 15.2. The van der Waals surface area contributed by atoms with Crippen molar-refractivity contribution in [2.75, 3.05) is 0 Å². The van der Waals surface area contributed by atoms with Crippen LogP contribution in [-0.4, -0.2) is 11.4 Å². The fourth-order valence-electron chi connectivity index (χ4n) is 2.57. The molecule has 0 radical (unpaired) electrons. The van der Waals surface area contributed by atoms with Crippen LogP contribution in [0.1, 0.15) is 52.7 Å². The topological polar surface area (TPSA) is 24.7 Å². The summed E-state index contributed by atoms with van der Waals surface area (Å²) in [5, 5.41) is 9.43. The third kappa shape index (κ3) is 4.64. The summed E-state index contributed by atoms with van der Waals surface area (Å²) >= 11 is 0. The third-order valence-corrected chi connectivity index (χ3v) is 3.77. The molecule has 126 valence electrons. The third-order valence-electron chi connectivity index (χ3n) is 3.77. The first kappa shape index (κ1) is 18.1. The Hall–Kier alpha value is -2.22. The van der Waals surface area contributed by atoms with Gasteiger partial charge in [-0.1, -0.05) is 102 Å². The lowest BCUT2D eigenvalue weighted by Gasteiger charge is -2.23. The highest BCUT2D eigenvalue weighted by molar-refractivity contribution is 6.07. The van der Waals surface area contributed by atoms with E-state index in [4.69, 9.17) is 10.2 Å². The van der Waals surface area contributed by atoms with Crippen molar-refractivity contribution in [2.24, 2.45) is 21.0 Å². The van der Waals surface area contributed by atoms with E-state index in [9.17, 15) is 0 Å². The first-order chi connectivity index (χ1) is 11.2. The first-order valence-electron chi connectivity index (χ1n) is 8.47. The lowest BCUT2D eigenvalue weighted by atomic mass is 9.85. The molecule has 0 heterocycles. The number of hydrogen-bond donors (Lipinski definition) is 0. The van der Waals surface area contributed by atoms with Crippen molar-refractivity contribution in [1.29, 1.82) is 0 Å². The summed E-state index contributed by atoms with van der Waals surface area (Å²) in [4.78, 5) is 0. The zero-order valence-electron chi connectivity index (χ0n) is 15.7. The van der Waals surface area contributed by atoms with Crippen molar-refractivity contribution >= 4 is 11.4 Å². The molecule has 0 saturated carbocycles. The second-order valence-corrected chi connectivity index (χ2v) is 8.13. The minimum Gasteiger partial charge on any atom is -0.154 e. The van der Waals surface area contributed by atoms with Gasteiger partial charge in [-0.2, -0.15) is 10.2 Å². The van der Waals surface area contributed by atoms with E-state index in [0.717, 1.165) is 22.6 Å². The molecule has 0 fully saturated rings. The minimum atomic E-state index is -0.0788. The second-order valence-electron chi connectivity index (χ2n) is 8.13. The molecule has 2 rings (SSSR count). The van der Waals surface area contributed by atoms with Gasteiger partial charge in [-0.3, -0.25) is 0 Å². The van der Waals surface area contributed by atoms with Gasteiger partial charge in [-0.05, 0) is 11.1 Å². The molecule has 0 bridgehead atoms. The standard InChI is InChI=1S/C22H28N2/c1-21(2,3)19(17-13-9-7-10-14-17)23-24-20(22(4,5)6)18-15-11-8-12-16-18/h7-16H,1-6H3/b23-19-,24-20+. The average Bonchev–Trinajstić information content (AvgIpc) is 2.51. The van der Waals surface area contributed by atoms with Crippen molar-refractivity contribution in [3.05, 3.63) is 71.8 Å². The van der Waals surface area contributed by atoms with E-state index in [1.165, 1.54) is 0 Å². The highest BCUT2D eigenvalue weighted by Gasteiger charge is 2.23. The highest BCUT2D eigenvalue weighted by Crippen LogP contribution is 2.25. The van der Waals surface area contributed by atoms with Crippen molar-refractivity contribution in [3.8, 4) is 0 Å². The van der Waals surface area contributed by atoms with E-state index in [0.29, 0.717) is 0 Å². The summed E-state index contributed by atoms with van der Waals surface area (Å²) in [6.45, 7) is 13.0. The Balaban J connectivity index is 2.56. The fraction of sp³-hybridized carbons (Fsp3) is 0.364. The van der Waals surface area contributed by atoms with Crippen molar-refractivity contribution in [1.82, 2.24) is 0 Å². The fourth-order valence-corrected chi connectivity index (χ4v) is 2.57. The predicted molar refractivity (Wildman–Crippen MR) is 105 cm³/mol. The van der Waals surface area contributed by atoms with Gasteiger partial charge >= 0.3 is 0 Å². The molecule has 0 aliphatic heterocycles. The summed E-state index contributed by atoms with van der Waals surface area (Å²) in [6, 6.07) is 20.6. The van der Waals surface area contributed by atoms with Crippen LogP contribution in [0.5, 0.6) is 0 Å². The van der Waals surface area contributed by atoms with Crippen LogP contribution < -0.4 is 0 Å². The maximum Gasteiger partial charge on any atom is 0.0756 e. The van der Waals surface area contributed by atoms with E-state index in [1.807, 2.05) is 36.4 Å². The van der Waals surface area contributed by atoms with Crippen LogP contribution >= 0.6 is 0 Å². The molecule has 24 heavy (non-hydrogen) atoms. The molecule has 2 heteroatoms. The van der Waals surface area contributed by atoms with Gasteiger partial charge in [-0.25, -0.2) is 0 Å². The number of hydrogen-bond acceptors (Lipinski definition) is 2. The van der Waals surface area contributed by atoms with Gasteiger partial charge in [-0.15, -0.1) is 0 Å². The predicted octanol–water partition coefficient (Wildman–Crippen LogP) is 5.97. The zero-order valence-corrected chi connectivity index (χ0v) is 15.7. The van der Waals surface area contributed by atoms with Gasteiger partial charge in [0, 0.05) is 10.8 Å². The lowest BCUT2D eigenvalue weighted by molar-refractivity contribution is 0.581. The van der Waals surface area contributed by atoms with E-state index in [2.05, 4.69) is 65.8 Å². The Morgan fingerprint density at radius 3 is 1.08 bits per heavy atom. The number of rotatable bonds is 3. The van der Waals surface area contributed by atoms with Crippen LogP contribution in [0.3, 0.4) is 0 Å².